The summed E-state index contributed by atoms with van der Waals surface area (Å²) in [7, 11) is 0. The van der Waals surface area contributed by atoms with Crippen LogP contribution in [0.3, 0.4) is 0 Å². The fraction of sp³-hybridized carbons (Fsp3) is 0.364. The van der Waals surface area contributed by atoms with Crippen molar-refractivity contribution >= 4 is 17.8 Å². The van der Waals surface area contributed by atoms with Crippen LogP contribution in [0.15, 0.2) is 41.3 Å². The summed E-state index contributed by atoms with van der Waals surface area (Å²) in [6.45, 7) is 5.79. The van der Waals surface area contributed by atoms with Crippen LogP contribution in [0.2, 0.25) is 0 Å². The number of carbonyl (C=O) groups is 3. The highest BCUT2D eigenvalue weighted by atomic mass is 16.5. The van der Waals surface area contributed by atoms with E-state index in [0.717, 1.165) is 11.3 Å². The topological polar surface area (TPSA) is 106 Å². The minimum atomic E-state index is -1.09. The first kappa shape index (κ1) is 21.3. The zero-order valence-electron chi connectivity index (χ0n) is 17.1. The highest BCUT2D eigenvalue weighted by Gasteiger charge is 2.41. The Hall–Kier alpha value is -3.42. The van der Waals surface area contributed by atoms with Gasteiger partial charge >= 0.3 is 5.97 Å². The van der Waals surface area contributed by atoms with E-state index < -0.39 is 23.8 Å². The number of amides is 2. The second kappa shape index (κ2) is 8.94. The smallest absolute Gasteiger partial charge is 0.329 e. The lowest BCUT2D eigenvalue weighted by Crippen LogP contribution is -2.43. The molecular weight excluding hydrogens is 388 g/mol. The minimum absolute atomic E-state index is 0.199. The molecule has 0 fully saturated rings. The number of aromatic nitrogens is 1. The van der Waals surface area contributed by atoms with Gasteiger partial charge in [0.15, 0.2) is 5.75 Å². The van der Waals surface area contributed by atoms with Crippen molar-refractivity contribution in [3.8, 4) is 5.75 Å². The molecule has 8 heteroatoms. The molecule has 1 N–H and O–H groups in total. The van der Waals surface area contributed by atoms with Crippen molar-refractivity contribution in [3.05, 3.63) is 63.6 Å². The Labute approximate surface area is 173 Å². The molecule has 30 heavy (non-hydrogen) atoms. The SMILES string of the molecule is CC(C)CCOc1c[nH]c(COC(=O)C(C)N2C(=O)c3ccccc3C2=O)cc1=O. The molecule has 1 aromatic heterocycles. The fourth-order valence-corrected chi connectivity index (χ4v) is 3.04. The van der Waals surface area contributed by atoms with Crippen LogP contribution in [0.25, 0.3) is 0 Å². The third-order valence-corrected chi connectivity index (χ3v) is 4.81. The Morgan fingerprint density at radius 2 is 1.70 bits per heavy atom. The molecule has 0 saturated heterocycles. The number of hydrogen-bond acceptors (Lipinski definition) is 6. The summed E-state index contributed by atoms with van der Waals surface area (Å²) < 4.78 is 10.7. The van der Waals surface area contributed by atoms with Gasteiger partial charge in [-0.3, -0.25) is 19.3 Å². The number of benzene rings is 1. The number of hydrogen-bond donors (Lipinski definition) is 1. The van der Waals surface area contributed by atoms with E-state index in [2.05, 4.69) is 18.8 Å². The molecule has 2 heterocycles. The van der Waals surface area contributed by atoms with Crippen molar-refractivity contribution < 1.29 is 23.9 Å². The standard InChI is InChI=1S/C22H24N2O6/c1-13(2)8-9-29-19-11-23-15(10-18(19)25)12-30-22(28)14(3)24-20(26)16-6-4-5-7-17(16)21(24)27/h4-7,10-11,13-14H,8-9,12H2,1-3H3,(H,23,25). The van der Waals surface area contributed by atoms with Crippen LogP contribution in [0.5, 0.6) is 5.75 Å². The van der Waals surface area contributed by atoms with Crippen molar-refractivity contribution in [2.24, 2.45) is 5.92 Å². The molecule has 8 nitrogen and oxygen atoms in total. The van der Waals surface area contributed by atoms with Crippen molar-refractivity contribution in [1.82, 2.24) is 9.88 Å². The van der Waals surface area contributed by atoms with E-state index in [4.69, 9.17) is 9.47 Å². The molecule has 0 spiro atoms. The molecule has 1 aliphatic heterocycles. The largest absolute Gasteiger partial charge is 0.488 e. The molecule has 0 aliphatic carbocycles. The maximum Gasteiger partial charge on any atom is 0.329 e. The number of nitrogens with one attached hydrogen (secondary N) is 1. The number of ether oxygens (including phenoxy) is 2. The lowest BCUT2D eigenvalue weighted by atomic mass is 10.1. The lowest BCUT2D eigenvalue weighted by Gasteiger charge is -2.20. The molecule has 2 aromatic rings. The van der Waals surface area contributed by atoms with Crippen LogP contribution in [-0.2, 0) is 16.1 Å². The second-order valence-electron chi connectivity index (χ2n) is 7.53. The van der Waals surface area contributed by atoms with Gasteiger partial charge in [-0.25, -0.2) is 4.79 Å². The third kappa shape index (κ3) is 4.42. The summed E-state index contributed by atoms with van der Waals surface area (Å²) in [5.41, 5.74) is 0.579. The number of esters is 1. The van der Waals surface area contributed by atoms with Gasteiger partial charge in [0, 0.05) is 12.3 Å². The number of H-pyrrole nitrogens is 1. The van der Waals surface area contributed by atoms with Crippen molar-refractivity contribution in [2.75, 3.05) is 6.61 Å². The molecule has 1 unspecified atom stereocenters. The molecule has 1 atom stereocenters. The maximum absolute atomic E-state index is 12.5. The van der Waals surface area contributed by atoms with Crippen molar-refractivity contribution in [2.45, 2.75) is 39.8 Å². The first-order chi connectivity index (χ1) is 14.3. The maximum atomic E-state index is 12.5. The average Bonchev–Trinajstić information content (AvgIpc) is 2.97. The van der Waals surface area contributed by atoms with Crippen LogP contribution >= 0.6 is 0 Å². The van der Waals surface area contributed by atoms with E-state index in [1.807, 2.05) is 0 Å². The highest BCUT2D eigenvalue weighted by molar-refractivity contribution is 6.22. The second-order valence-corrected chi connectivity index (χ2v) is 7.53. The normalized spacial score (nSPS) is 14.1. The van der Waals surface area contributed by atoms with Crippen LogP contribution in [-0.4, -0.2) is 40.3 Å². The molecule has 1 aliphatic rings. The Bertz CT molecular complexity index is 991. The molecule has 2 amide bonds. The number of imide groups is 1. The van der Waals surface area contributed by atoms with Gasteiger partial charge in [-0.2, -0.15) is 0 Å². The summed E-state index contributed by atoms with van der Waals surface area (Å²) in [5.74, 6) is -1.15. The minimum Gasteiger partial charge on any atom is -0.488 e. The first-order valence-electron chi connectivity index (χ1n) is 9.77. The summed E-state index contributed by atoms with van der Waals surface area (Å²) in [6, 6.07) is 6.60. The number of pyridine rings is 1. The zero-order valence-corrected chi connectivity index (χ0v) is 17.1. The van der Waals surface area contributed by atoms with E-state index in [-0.39, 0.29) is 28.9 Å². The molecule has 0 saturated carbocycles. The van der Waals surface area contributed by atoms with Gasteiger partial charge in [0.1, 0.15) is 12.6 Å². The average molecular weight is 412 g/mol. The lowest BCUT2D eigenvalue weighted by molar-refractivity contribution is -0.149. The van der Waals surface area contributed by atoms with Crippen LogP contribution in [0.4, 0.5) is 0 Å². The Kier molecular flexibility index (Phi) is 6.34. The van der Waals surface area contributed by atoms with Gasteiger partial charge in [-0.15, -0.1) is 0 Å². The molecule has 0 bridgehead atoms. The molecular formula is C22H24N2O6. The van der Waals surface area contributed by atoms with Gasteiger partial charge in [0.05, 0.1) is 23.4 Å². The Morgan fingerprint density at radius 3 is 2.27 bits per heavy atom. The van der Waals surface area contributed by atoms with Crippen LogP contribution < -0.4 is 10.2 Å². The number of carbonyl (C=O) groups excluding carboxylic acids is 3. The predicted octanol–water partition coefficient (Wildman–Crippen LogP) is 2.53. The number of nitrogens with zero attached hydrogens (tertiary/aromatic N) is 1. The molecule has 158 valence electrons. The quantitative estimate of drug-likeness (QED) is 0.528. The van der Waals surface area contributed by atoms with Crippen molar-refractivity contribution in [1.29, 1.82) is 0 Å². The van der Waals surface area contributed by atoms with E-state index in [1.54, 1.807) is 24.3 Å². The molecule has 3 rings (SSSR count). The van der Waals surface area contributed by atoms with Gasteiger partial charge in [0.2, 0.25) is 5.43 Å². The number of rotatable bonds is 8. The van der Waals surface area contributed by atoms with Gasteiger partial charge in [-0.1, -0.05) is 26.0 Å². The predicted molar refractivity (Wildman–Crippen MR) is 108 cm³/mol. The van der Waals surface area contributed by atoms with E-state index in [0.29, 0.717) is 18.2 Å². The van der Waals surface area contributed by atoms with Gasteiger partial charge in [-0.05, 0) is 31.4 Å². The summed E-state index contributed by atoms with van der Waals surface area (Å²) in [4.78, 5) is 53.2. The summed E-state index contributed by atoms with van der Waals surface area (Å²) in [6.07, 6.45) is 2.26. The van der Waals surface area contributed by atoms with Crippen LogP contribution in [0.1, 0.15) is 53.6 Å². The summed E-state index contributed by atoms with van der Waals surface area (Å²) >= 11 is 0. The van der Waals surface area contributed by atoms with Gasteiger partial charge in [0.25, 0.3) is 11.8 Å². The van der Waals surface area contributed by atoms with Gasteiger partial charge < -0.3 is 14.5 Å². The monoisotopic (exact) mass is 412 g/mol. The highest BCUT2D eigenvalue weighted by Crippen LogP contribution is 2.24. The summed E-state index contributed by atoms with van der Waals surface area (Å²) in [5, 5.41) is 0. The van der Waals surface area contributed by atoms with Crippen LogP contribution in [0, 0.1) is 5.92 Å². The van der Waals surface area contributed by atoms with Crippen molar-refractivity contribution in [3.63, 3.8) is 0 Å². The Balaban J connectivity index is 1.59. The third-order valence-electron chi connectivity index (χ3n) is 4.81. The zero-order chi connectivity index (χ0) is 21.8. The van der Waals surface area contributed by atoms with E-state index in [1.165, 1.54) is 19.2 Å². The Morgan fingerprint density at radius 1 is 1.07 bits per heavy atom. The van der Waals surface area contributed by atoms with E-state index in [9.17, 15) is 19.2 Å². The fourth-order valence-electron chi connectivity index (χ4n) is 3.04. The molecule has 1 aromatic carbocycles. The molecule has 0 radical (unpaired) electrons. The first-order valence-corrected chi connectivity index (χ1v) is 9.77. The number of fused-ring (bicyclic) bond motifs is 1. The number of aromatic amines is 1. The van der Waals surface area contributed by atoms with E-state index >= 15 is 0 Å².